The van der Waals surface area contributed by atoms with Crippen LogP contribution >= 0.6 is 0 Å². The Morgan fingerprint density at radius 3 is 2.38 bits per heavy atom. The van der Waals surface area contributed by atoms with Crippen molar-refractivity contribution in [2.75, 3.05) is 13.6 Å². The predicted octanol–water partition coefficient (Wildman–Crippen LogP) is 5.43. The highest BCUT2D eigenvalue weighted by Crippen LogP contribution is 2.26. The summed E-state index contributed by atoms with van der Waals surface area (Å²) in [6.45, 7) is 8.34. The van der Waals surface area contributed by atoms with Crippen molar-refractivity contribution in [2.24, 2.45) is 0 Å². The molecule has 0 saturated carbocycles. The number of aromatic nitrogens is 2. The average molecular weight is 402 g/mol. The molecule has 0 fully saturated rings. The fraction of sp³-hybridized carbons (Fsp3) is 0.435. The van der Waals surface area contributed by atoms with E-state index in [2.05, 4.69) is 9.97 Å². The molecule has 0 radical (unpaired) electrons. The molecule has 2 rings (SSSR count). The van der Waals surface area contributed by atoms with Gasteiger partial charge in [-0.15, -0.1) is 0 Å². The van der Waals surface area contributed by atoms with Crippen molar-refractivity contribution < 1.29 is 13.6 Å². The Bertz CT molecular complexity index is 858. The van der Waals surface area contributed by atoms with Crippen LogP contribution in [0.25, 0.3) is 17.5 Å². The Labute approximate surface area is 171 Å². The number of aldehydes is 1. The first-order valence-electron chi connectivity index (χ1n) is 9.79. The average Bonchev–Trinajstić information content (AvgIpc) is 2.66. The molecule has 1 heterocycles. The SMILES string of the molecule is CCCC(F)CN(C)/C=C\c1cc(-c2ncc(C(C)(C)C)cn2)c(F)cc1C=O. The third-order valence-electron chi connectivity index (χ3n) is 4.66. The van der Waals surface area contributed by atoms with Crippen molar-refractivity contribution in [3.8, 4) is 11.4 Å². The molecule has 0 saturated heterocycles. The van der Waals surface area contributed by atoms with Gasteiger partial charge in [-0.1, -0.05) is 34.1 Å². The van der Waals surface area contributed by atoms with Gasteiger partial charge in [-0.2, -0.15) is 0 Å². The predicted molar refractivity (Wildman–Crippen MR) is 113 cm³/mol. The largest absolute Gasteiger partial charge is 0.377 e. The Morgan fingerprint density at radius 2 is 1.83 bits per heavy atom. The van der Waals surface area contributed by atoms with Crippen LogP contribution in [-0.2, 0) is 5.41 Å². The van der Waals surface area contributed by atoms with Crippen LogP contribution < -0.4 is 0 Å². The van der Waals surface area contributed by atoms with E-state index >= 15 is 0 Å². The van der Waals surface area contributed by atoms with E-state index in [1.54, 1.807) is 42.7 Å². The molecule has 6 heteroatoms. The van der Waals surface area contributed by atoms with Gasteiger partial charge in [-0.3, -0.25) is 4.79 Å². The maximum atomic E-state index is 14.6. The fourth-order valence-corrected chi connectivity index (χ4v) is 2.86. The highest BCUT2D eigenvalue weighted by Gasteiger charge is 2.17. The molecule has 0 N–H and O–H groups in total. The highest BCUT2D eigenvalue weighted by atomic mass is 19.1. The van der Waals surface area contributed by atoms with Gasteiger partial charge in [0.2, 0.25) is 0 Å². The normalized spacial score (nSPS) is 12.9. The number of benzene rings is 1. The van der Waals surface area contributed by atoms with Crippen LogP contribution in [0.5, 0.6) is 0 Å². The number of nitrogens with zero attached hydrogens (tertiary/aromatic N) is 3. The molecule has 1 aromatic carbocycles. The molecule has 4 nitrogen and oxygen atoms in total. The molecule has 1 unspecified atom stereocenters. The molecule has 0 aliphatic rings. The smallest absolute Gasteiger partial charge is 0.162 e. The molecule has 0 bridgehead atoms. The van der Waals surface area contributed by atoms with Crippen molar-refractivity contribution in [1.82, 2.24) is 14.9 Å². The summed E-state index contributed by atoms with van der Waals surface area (Å²) >= 11 is 0. The van der Waals surface area contributed by atoms with E-state index in [4.69, 9.17) is 0 Å². The monoisotopic (exact) mass is 401 g/mol. The lowest BCUT2D eigenvalue weighted by atomic mass is 9.89. The number of carbonyl (C=O) groups excluding carboxylic acids is 1. The summed E-state index contributed by atoms with van der Waals surface area (Å²) in [4.78, 5) is 21.7. The maximum Gasteiger partial charge on any atom is 0.162 e. The number of halogens is 2. The van der Waals surface area contributed by atoms with Crippen LogP contribution in [0.2, 0.25) is 0 Å². The lowest BCUT2D eigenvalue weighted by Crippen LogP contribution is -2.21. The Morgan fingerprint density at radius 1 is 1.17 bits per heavy atom. The first-order valence-corrected chi connectivity index (χ1v) is 9.79. The second-order valence-electron chi connectivity index (χ2n) is 8.27. The molecule has 29 heavy (non-hydrogen) atoms. The minimum Gasteiger partial charge on any atom is -0.377 e. The highest BCUT2D eigenvalue weighted by molar-refractivity contribution is 5.84. The molecule has 0 aliphatic heterocycles. The Balaban J connectivity index is 2.32. The standard InChI is InChI=1S/C23H29F2N3O/c1-6-7-19(24)14-28(5)9-8-16-10-20(21(25)11-17(16)15-29)22-26-12-18(13-27-22)23(2,3)4/h8-13,15,19H,6-7,14H2,1-5H3/b9-8-. The van der Waals surface area contributed by atoms with Crippen molar-refractivity contribution in [3.63, 3.8) is 0 Å². The van der Waals surface area contributed by atoms with Gasteiger partial charge >= 0.3 is 0 Å². The van der Waals surface area contributed by atoms with Crippen molar-refractivity contribution >= 4 is 12.4 Å². The number of hydrogen-bond donors (Lipinski definition) is 0. The summed E-state index contributed by atoms with van der Waals surface area (Å²) < 4.78 is 28.4. The Kier molecular flexibility index (Phi) is 7.59. The van der Waals surface area contributed by atoms with E-state index < -0.39 is 12.0 Å². The maximum absolute atomic E-state index is 14.6. The summed E-state index contributed by atoms with van der Waals surface area (Å²) in [5.41, 5.74) is 1.79. The minimum atomic E-state index is -0.918. The van der Waals surface area contributed by atoms with Gasteiger partial charge in [0.15, 0.2) is 12.1 Å². The summed E-state index contributed by atoms with van der Waals surface area (Å²) in [5.74, 6) is -0.310. The number of hydrogen-bond acceptors (Lipinski definition) is 4. The first-order chi connectivity index (χ1) is 13.7. The van der Waals surface area contributed by atoms with Gasteiger partial charge in [-0.05, 0) is 47.4 Å². The third-order valence-corrected chi connectivity index (χ3v) is 4.66. The zero-order chi connectivity index (χ0) is 21.6. The Hall–Kier alpha value is -2.63. The topological polar surface area (TPSA) is 46.1 Å². The summed E-state index contributed by atoms with van der Waals surface area (Å²) in [7, 11) is 1.76. The molecule has 1 atom stereocenters. The van der Waals surface area contributed by atoms with E-state index in [0.717, 1.165) is 12.0 Å². The van der Waals surface area contributed by atoms with Crippen molar-refractivity contribution in [2.45, 2.75) is 52.1 Å². The molecular formula is C23H29F2N3O. The lowest BCUT2D eigenvalue weighted by Gasteiger charge is -2.18. The molecule has 0 aliphatic carbocycles. The van der Waals surface area contributed by atoms with E-state index in [9.17, 15) is 13.6 Å². The molecule has 1 aromatic heterocycles. The zero-order valence-electron chi connectivity index (χ0n) is 17.7. The number of carbonyl (C=O) groups is 1. The quantitative estimate of drug-likeness (QED) is 0.553. The zero-order valence-corrected chi connectivity index (χ0v) is 17.7. The molecule has 0 spiro atoms. The second kappa shape index (κ2) is 9.72. The van der Waals surface area contributed by atoms with Gasteiger partial charge in [-0.25, -0.2) is 18.7 Å². The second-order valence-corrected chi connectivity index (χ2v) is 8.27. The third kappa shape index (κ3) is 6.17. The summed E-state index contributed by atoms with van der Waals surface area (Å²) in [5, 5.41) is 0. The van der Waals surface area contributed by atoms with Crippen LogP contribution in [0, 0.1) is 5.82 Å². The minimum absolute atomic E-state index is 0.108. The van der Waals surface area contributed by atoms with E-state index in [-0.39, 0.29) is 28.9 Å². The van der Waals surface area contributed by atoms with E-state index in [1.165, 1.54) is 6.07 Å². The summed E-state index contributed by atoms with van der Waals surface area (Å²) in [6.07, 6.45) is 7.71. The lowest BCUT2D eigenvalue weighted by molar-refractivity contribution is 0.112. The van der Waals surface area contributed by atoms with Crippen LogP contribution in [0.15, 0.2) is 30.7 Å². The van der Waals surface area contributed by atoms with Gasteiger partial charge in [0, 0.05) is 31.5 Å². The molecule has 0 amide bonds. The van der Waals surface area contributed by atoms with Crippen LogP contribution in [0.1, 0.15) is 62.0 Å². The van der Waals surface area contributed by atoms with Gasteiger partial charge < -0.3 is 4.90 Å². The van der Waals surface area contributed by atoms with Crippen molar-refractivity contribution in [3.05, 3.63) is 53.2 Å². The van der Waals surface area contributed by atoms with E-state index in [1.807, 2.05) is 27.7 Å². The van der Waals surface area contributed by atoms with Crippen LogP contribution in [0.3, 0.4) is 0 Å². The molecular weight excluding hydrogens is 372 g/mol. The number of rotatable bonds is 8. The summed E-state index contributed by atoms with van der Waals surface area (Å²) in [6, 6.07) is 2.73. The van der Waals surface area contributed by atoms with Gasteiger partial charge in [0.05, 0.1) is 5.56 Å². The first kappa shape index (κ1) is 22.7. The fourth-order valence-electron chi connectivity index (χ4n) is 2.86. The van der Waals surface area contributed by atoms with E-state index in [0.29, 0.717) is 18.3 Å². The van der Waals surface area contributed by atoms with Crippen LogP contribution in [0.4, 0.5) is 8.78 Å². The molecule has 2 aromatic rings. The number of alkyl halides is 1. The molecule has 156 valence electrons. The van der Waals surface area contributed by atoms with Gasteiger partial charge in [0.1, 0.15) is 12.0 Å². The van der Waals surface area contributed by atoms with Crippen molar-refractivity contribution in [1.29, 1.82) is 0 Å². The van der Waals surface area contributed by atoms with Crippen LogP contribution in [-0.4, -0.2) is 40.9 Å². The van der Waals surface area contributed by atoms with Gasteiger partial charge in [0.25, 0.3) is 0 Å².